The van der Waals surface area contributed by atoms with Crippen molar-refractivity contribution in [2.45, 2.75) is 49.8 Å². The van der Waals surface area contributed by atoms with Gasteiger partial charge in [-0.2, -0.15) is 0 Å². The van der Waals surface area contributed by atoms with Gasteiger partial charge in [0.1, 0.15) is 0 Å². The first-order chi connectivity index (χ1) is 11.1. The van der Waals surface area contributed by atoms with E-state index in [9.17, 15) is 9.59 Å². The van der Waals surface area contributed by atoms with E-state index in [-0.39, 0.29) is 9.95 Å². The van der Waals surface area contributed by atoms with Gasteiger partial charge in [0.25, 0.3) is 0 Å². The number of hydrogen-bond acceptors (Lipinski definition) is 5. The summed E-state index contributed by atoms with van der Waals surface area (Å²) in [5.74, 6) is 0.949. The van der Waals surface area contributed by atoms with E-state index in [0.717, 1.165) is 42.6 Å². The topological polar surface area (TPSA) is 52.6 Å². The third kappa shape index (κ3) is 6.33. The molecule has 1 aromatic rings. The van der Waals surface area contributed by atoms with Crippen LogP contribution in [-0.4, -0.2) is 16.6 Å². The highest BCUT2D eigenvalue weighted by atomic mass is 127. The Labute approximate surface area is 155 Å². The van der Waals surface area contributed by atoms with E-state index in [2.05, 4.69) is 12.1 Å². The Morgan fingerprint density at radius 1 is 1.17 bits per heavy atom. The molecule has 23 heavy (non-hydrogen) atoms. The maximum absolute atomic E-state index is 11.5. The summed E-state index contributed by atoms with van der Waals surface area (Å²) in [6, 6.07) is 8.20. The predicted molar refractivity (Wildman–Crippen MR) is 98.7 cm³/mol. The summed E-state index contributed by atoms with van der Waals surface area (Å²) in [5, 5.41) is 0. The molecule has 1 aromatic carbocycles. The summed E-state index contributed by atoms with van der Waals surface area (Å²) in [5.41, 5.74) is 1.32. The molecule has 1 fully saturated rings. The molecule has 6 heteroatoms. The van der Waals surface area contributed by atoms with Crippen LogP contribution in [0, 0.1) is 5.92 Å². The zero-order valence-electron chi connectivity index (χ0n) is 13.1. The average molecular weight is 448 g/mol. The molecule has 0 bridgehead atoms. The molecule has 0 aromatic heterocycles. The van der Waals surface area contributed by atoms with Crippen molar-refractivity contribution in [1.29, 1.82) is 0 Å². The van der Waals surface area contributed by atoms with Gasteiger partial charge < -0.3 is 8.92 Å². The monoisotopic (exact) mass is 448 g/mol. The van der Waals surface area contributed by atoms with E-state index in [1.54, 1.807) is 22.6 Å². The molecule has 1 saturated carbocycles. The number of esters is 1. The molecule has 0 atom stereocenters. The summed E-state index contributed by atoms with van der Waals surface area (Å²) in [7, 11) is 0. The molecule has 126 valence electrons. The highest BCUT2D eigenvalue weighted by Crippen LogP contribution is 2.37. The largest absolute Gasteiger partial charge is 0.466 e. The van der Waals surface area contributed by atoms with Crippen molar-refractivity contribution in [2.75, 3.05) is 6.61 Å². The van der Waals surface area contributed by atoms with Gasteiger partial charge in [-0.3, -0.25) is 4.79 Å². The molecule has 4 nitrogen and oxygen atoms in total. The van der Waals surface area contributed by atoms with Crippen molar-refractivity contribution in [3.63, 3.8) is 0 Å². The molecule has 1 aliphatic carbocycles. The predicted octanol–water partition coefficient (Wildman–Crippen LogP) is 5.49. The molecule has 0 amide bonds. The van der Waals surface area contributed by atoms with Crippen molar-refractivity contribution in [3.8, 4) is 0 Å². The van der Waals surface area contributed by atoms with Gasteiger partial charge in [-0.15, -0.1) is 0 Å². The van der Waals surface area contributed by atoms with Crippen molar-refractivity contribution in [3.05, 3.63) is 29.8 Å². The number of carbonyl (C=O) groups is 2. The van der Waals surface area contributed by atoms with E-state index in [1.165, 1.54) is 5.56 Å². The van der Waals surface area contributed by atoms with E-state index >= 15 is 0 Å². The lowest BCUT2D eigenvalue weighted by molar-refractivity contribution is -0.144. The third-order valence-corrected chi connectivity index (χ3v) is 5.38. The Kier molecular flexibility index (Phi) is 7.69. The number of benzene rings is 1. The standard InChI is InChI=1S/C17H21IO4S/c1-2-21-16(19)11-12-3-5-13(6-4-12)14-7-9-15(10-8-14)23-22-17(18)20/h7-10,12-13H,2-6,11H2,1H3. The number of rotatable bonds is 6. The number of ether oxygens (including phenoxy) is 1. The number of carbonyl (C=O) groups excluding carboxylic acids is 2. The molecule has 0 spiro atoms. The molecule has 0 radical (unpaired) electrons. The summed E-state index contributed by atoms with van der Waals surface area (Å²) >= 11 is 2.70. The maximum Gasteiger partial charge on any atom is 0.379 e. The lowest BCUT2D eigenvalue weighted by Crippen LogP contribution is -2.17. The van der Waals surface area contributed by atoms with Crippen LogP contribution in [0.5, 0.6) is 0 Å². The van der Waals surface area contributed by atoms with Gasteiger partial charge in [0.2, 0.25) is 0 Å². The molecule has 1 aliphatic rings. The lowest BCUT2D eigenvalue weighted by Gasteiger charge is -2.28. The zero-order valence-corrected chi connectivity index (χ0v) is 16.1. The molecule has 0 N–H and O–H groups in total. The van der Waals surface area contributed by atoms with Gasteiger partial charge in [0.15, 0.2) is 0 Å². The van der Waals surface area contributed by atoms with Crippen molar-refractivity contribution >= 4 is 44.6 Å². The summed E-state index contributed by atoms with van der Waals surface area (Å²) < 4.78 is 9.61. The molecule has 2 rings (SSSR count). The highest BCUT2D eigenvalue weighted by molar-refractivity contribution is 14.1. The third-order valence-electron chi connectivity index (χ3n) is 4.16. The van der Waals surface area contributed by atoms with Crippen LogP contribution in [0.4, 0.5) is 4.79 Å². The Balaban J connectivity index is 1.80. The Morgan fingerprint density at radius 2 is 1.83 bits per heavy atom. The Hall–Kier alpha value is -0.760. The van der Waals surface area contributed by atoms with E-state index < -0.39 is 0 Å². The molecule has 0 saturated heterocycles. The zero-order chi connectivity index (χ0) is 16.7. The van der Waals surface area contributed by atoms with Crippen LogP contribution in [0.2, 0.25) is 0 Å². The normalized spacial score (nSPS) is 20.8. The Morgan fingerprint density at radius 3 is 2.39 bits per heavy atom. The van der Waals surface area contributed by atoms with Gasteiger partial charge in [-0.05, 0) is 62.1 Å². The first-order valence-electron chi connectivity index (χ1n) is 7.88. The van der Waals surface area contributed by atoms with Crippen LogP contribution in [0.25, 0.3) is 0 Å². The Bertz CT molecular complexity index is 524. The van der Waals surface area contributed by atoms with Crippen LogP contribution in [0.1, 0.15) is 50.5 Å². The second kappa shape index (κ2) is 9.52. The average Bonchev–Trinajstić information content (AvgIpc) is 2.54. The smallest absolute Gasteiger partial charge is 0.379 e. The van der Waals surface area contributed by atoms with Crippen LogP contribution < -0.4 is 0 Å². The summed E-state index contributed by atoms with van der Waals surface area (Å²) in [6.45, 7) is 2.31. The fourth-order valence-corrected chi connectivity index (χ4v) is 3.71. The summed E-state index contributed by atoms with van der Waals surface area (Å²) in [4.78, 5) is 23.3. The van der Waals surface area contributed by atoms with E-state index in [1.807, 2.05) is 19.1 Å². The second-order valence-electron chi connectivity index (χ2n) is 5.70. The minimum Gasteiger partial charge on any atom is -0.466 e. The van der Waals surface area contributed by atoms with Gasteiger partial charge in [-0.1, -0.05) is 12.1 Å². The quantitative estimate of drug-likeness (QED) is 0.249. The van der Waals surface area contributed by atoms with Gasteiger partial charge in [0, 0.05) is 11.3 Å². The number of hydrogen-bond donors (Lipinski definition) is 0. The van der Waals surface area contributed by atoms with E-state index in [0.29, 0.717) is 24.9 Å². The molecule has 0 aliphatic heterocycles. The first-order valence-corrected chi connectivity index (χ1v) is 9.70. The van der Waals surface area contributed by atoms with Crippen LogP contribution >= 0.6 is 34.6 Å². The van der Waals surface area contributed by atoms with Crippen LogP contribution in [0.3, 0.4) is 0 Å². The van der Waals surface area contributed by atoms with E-state index in [4.69, 9.17) is 8.92 Å². The number of halogens is 1. The lowest BCUT2D eigenvalue weighted by atomic mass is 9.77. The van der Waals surface area contributed by atoms with Crippen molar-refractivity contribution in [1.82, 2.24) is 0 Å². The minimum atomic E-state index is -0.323. The molecule has 0 heterocycles. The van der Waals surface area contributed by atoms with Gasteiger partial charge in [0.05, 0.1) is 41.2 Å². The minimum absolute atomic E-state index is 0.0675. The second-order valence-corrected chi connectivity index (χ2v) is 7.39. The van der Waals surface area contributed by atoms with Gasteiger partial charge in [-0.25, -0.2) is 4.79 Å². The molecule has 0 unspecified atom stereocenters. The molecular weight excluding hydrogens is 427 g/mol. The van der Waals surface area contributed by atoms with Crippen LogP contribution in [-0.2, 0) is 13.7 Å². The summed E-state index contributed by atoms with van der Waals surface area (Å²) in [6.07, 6.45) is 4.93. The van der Waals surface area contributed by atoms with Gasteiger partial charge >= 0.3 is 9.95 Å². The van der Waals surface area contributed by atoms with Crippen molar-refractivity contribution < 1.29 is 18.5 Å². The SMILES string of the molecule is CCOC(=O)CC1CCC(c2ccc(SOC(=O)I)cc2)CC1. The highest BCUT2D eigenvalue weighted by Gasteiger charge is 2.24. The first kappa shape index (κ1) is 18.6. The maximum atomic E-state index is 11.5. The van der Waals surface area contributed by atoms with Crippen molar-refractivity contribution in [2.24, 2.45) is 5.92 Å². The molecular formula is C17H21IO4S. The van der Waals surface area contributed by atoms with Crippen LogP contribution in [0.15, 0.2) is 29.2 Å². The fourth-order valence-electron chi connectivity index (χ4n) is 3.03. The fraction of sp³-hybridized carbons (Fsp3) is 0.529.